The smallest absolute Gasteiger partial charge is 0.134 e. The number of allylic oxidation sites excluding steroid dienone is 4. The van der Waals surface area contributed by atoms with E-state index in [9.17, 15) is 5.26 Å². The van der Waals surface area contributed by atoms with Crippen molar-refractivity contribution >= 4 is 0 Å². The lowest BCUT2D eigenvalue weighted by Gasteiger charge is -2.32. The molecule has 0 unspecified atom stereocenters. The van der Waals surface area contributed by atoms with Crippen LogP contribution in [0.25, 0.3) is 0 Å². The van der Waals surface area contributed by atoms with Crippen molar-refractivity contribution in [3.05, 3.63) is 22.4 Å². The molecule has 0 spiro atoms. The van der Waals surface area contributed by atoms with Gasteiger partial charge in [-0.15, -0.1) is 0 Å². The normalized spacial score (nSPS) is 17.8. The third kappa shape index (κ3) is 2.47. The monoisotopic (exact) mass is 226 g/mol. The summed E-state index contributed by atoms with van der Waals surface area (Å²) in [6.45, 7) is 4.12. The van der Waals surface area contributed by atoms with Gasteiger partial charge in [0.05, 0.1) is 5.57 Å². The molecule has 0 amide bonds. The van der Waals surface area contributed by atoms with E-state index in [0.717, 1.165) is 12.1 Å². The molecule has 86 valence electrons. The molecule has 0 aromatic heterocycles. The summed E-state index contributed by atoms with van der Waals surface area (Å²) in [6, 6.07) is 5.85. The van der Waals surface area contributed by atoms with Crippen LogP contribution in [0.3, 0.4) is 0 Å². The maximum atomic E-state index is 9.17. The van der Waals surface area contributed by atoms with Crippen LogP contribution >= 0.6 is 0 Å². The van der Waals surface area contributed by atoms with Crippen LogP contribution in [0, 0.1) is 39.4 Å². The fraction of sp³-hybridized carbons (Fsp3) is 0.462. The maximum Gasteiger partial charge on any atom is 0.134 e. The second-order valence-electron chi connectivity index (χ2n) is 4.81. The summed E-state index contributed by atoms with van der Waals surface area (Å²) in [5.74, 6) is 0. The third-order valence-electron chi connectivity index (χ3n) is 2.85. The van der Waals surface area contributed by atoms with E-state index in [0.29, 0.717) is 17.6 Å². The van der Waals surface area contributed by atoms with Gasteiger partial charge in [-0.2, -0.15) is 15.8 Å². The molecule has 0 aromatic rings. The molecule has 0 aliphatic heterocycles. The Labute approximate surface area is 101 Å². The molecule has 1 aliphatic carbocycles. The van der Waals surface area contributed by atoms with Crippen LogP contribution in [0.15, 0.2) is 22.4 Å². The standard InChI is InChI=1S/C13H14N4/c1-13(2)4-10(9(6-14)7-15)11(8-16)12(5-13)17-3/h17H,4-5H2,1-3H3. The second-order valence-corrected chi connectivity index (χ2v) is 4.81. The summed E-state index contributed by atoms with van der Waals surface area (Å²) in [7, 11) is 1.75. The number of nitrogens with zero attached hydrogens (tertiary/aromatic N) is 3. The SMILES string of the molecule is CNC1=C(C#N)C(=C(C#N)C#N)CC(C)(C)C1. The van der Waals surface area contributed by atoms with E-state index in [1.54, 1.807) is 7.05 Å². The molecule has 17 heavy (non-hydrogen) atoms. The molecule has 4 heteroatoms. The average molecular weight is 226 g/mol. The van der Waals surface area contributed by atoms with E-state index in [1.165, 1.54) is 0 Å². The molecule has 0 heterocycles. The molecule has 4 nitrogen and oxygen atoms in total. The highest BCUT2D eigenvalue weighted by atomic mass is 14.8. The van der Waals surface area contributed by atoms with Crippen LogP contribution in [0.4, 0.5) is 0 Å². The van der Waals surface area contributed by atoms with Crippen LogP contribution in [0.2, 0.25) is 0 Å². The lowest BCUT2D eigenvalue weighted by atomic mass is 9.73. The van der Waals surface area contributed by atoms with Gasteiger partial charge in [-0.3, -0.25) is 0 Å². The first kappa shape index (κ1) is 12.8. The fourth-order valence-corrected chi connectivity index (χ4v) is 2.10. The van der Waals surface area contributed by atoms with Crippen molar-refractivity contribution in [2.24, 2.45) is 5.41 Å². The van der Waals surface area contributed by atoms with E-state index in [-0.39, 0.29) is 11.0 Å². The minimum Gasteiger partial charge on any atom is -0.390 e. The Kier molecular flexibility index (Phi) is 3.56. The number of hydrogen-bond acceptors (Lipinski definition) is 4. The molecule has 0 atom stereocenters. The first-order valence-electron chi connectivity index (χ1n) is 5.34. The molecule has 0 bridgehead atoms. The summed E-state index contributed by atoms with van der Waals surface area (Å²) in [5.41, 5.74) is 1.82. The van der Waals surface area contributed by atoms with Gasteiger partial charge < -0.3 is 5.32 Å². The van der Waals surface area contributed by atoms with Crippen molar-refractivity contribution in [1.29, 1.82) is 15.8 Å². The predicted octanol–water partition coefficient (Wildman–Crippen LogP) is 2.15. The van der Waals surface area contributed by atoms with Gasteiger partial charge in [-0.05, 0) is 18.3 Å². The van der Waals surface area contributed by atoms with Gasteiger partial charge in [0, 0.05) is 18.3 Å². The molecule has 1 rings (SSSR count). The highest BCUT2D eigenvalue weighted by Crippen LogP contribution is 2.41. The first-order valence-corrected chi connectivity index (χ1v) is 5.34. The zero-order valence-electron chi connectivity index (χ0n) is 10.3. The lowest BCUT2D eigenvalue weighted by Crippen LogP contribution is -2.26. The minimum atomic E-state index is -0.0486. The summed E-state index contributed by atoms with van der Waals surface area (Å²) in [5, 5.41) is 30.0. The summed E-state index contributed by atoms with van der Waals surface area (Å²) < 4.78 is 0. The second kappa shape index (κ2) is 4.73. The number of nitrogens with one attached hydrogen (secondary N) is 1. The molecular weight excluding hydrogens is 212 g/mol. The quantitative estimate of drug-likeness (QED) is 0.694. The largest absolute Gasteiger partial charge is 0.390 e. The molecule has 0 aromatic carbocycles. The van der Waals surface area contributed by atoms with Crippen LogP contribution in [0.5, 0.6) is 0 Å². The van der Waals surface area contributed by atoms with Crippen molar-refractivity contribution in [3.63, 3.8) is 0 Å². The Balaban J connectivity index is 3.51. The molecule has 0 saturated heterocycles. The molecule has 1 aliphatic rings. The van der Waals surface area contributed by atoms with E-state index < -0.39 is 0 Å². The summed E-state index contributed by atoms with van der Waals surface area (Å²) in [4.78, 5) is 0. The summed E-state index contributed by atoms with van der Waals surface area (Å²) >= 11 is 0. The van der Waals surface area contributed by atoms with Crippen molar-refractivity contribution < 1.29 is 0 Å². The maximum absolute atomic E-state index is 9.17. The van der Waals surface area contributed by atoms with Gasteiger partial charge in [0.25, 0.3) is 0 Å². The summed E-state index contributed by atoms with van der Waals surface area (Å²) in [6.07, 6.45) is 1.33. The average Bonchev–Trinajstić information content (AvgIpc) is 2.29. The fourth-order valence-electron chi connectivity index (χ4n) is 2.10. The molecule has 0 radical (unpaired) electrons. The highest BCUT2D eigenvalue weighted by Gasteiger charge is 2.32. The lowest BCUT2D eigenvalue weighted by molar-refractivity contribution is 0.341. The van der Waals surface area contributed by atoms with Crippen molar-refractivity contribution in [2.45, 2.75) is 26.7 Å². The van der Waals surface area contributed by atoms with Gasteiger partial charge >= 0.3 is 0 Å². The Bertz CT molecular complexity index is 499. The molecule has 1 N–H and O–H groups in total. The minimum absolute atomic E-state index is 0.0436. The Morgan fingerprint density at radius 2 is 1.76 bits per heavy atom. The van der Waals surface area contributed by atoms with E-state index in [4.69, 9.17) is 10.5 Å². The predicted molar refractivity (Wildman–Crippen MR) is 63.0 cm³/mol. The Morgan fingerprint density at radius 3 is 2.18 bits per heavy atom. The van der Waals surface area contributed by atoms with Crippen molar-refractivity contribution in [3.8, 4) is 18.2 Å². The first-order chi connectivity index (χ1) is 7.99. The van der Waals surface area contributed by atoms with E-state index in [2.05, 4.69) is 25.2 Å². The molecular formula is C13H14N4. The zero-order chi connectivity index (χ0) is 13.1. The third-order valence-corrected chi connectivity index (χ3v) is 2.85. The van der Waals surface area contributed by atoms with Crippen molar-refractivity contribution in [1.82, 2.24) is 5.32 Å². The molecule has 0 saturated carbocycles. The van der Waals surface area contributed by atoms with Crippen LogP contribution in [0.1, 0.15) is 26.7 Å². The van der Waals surface area contributed by atoms with Crippen LogP contribution < -0.4 is 5.32 Å². The topological polar surface area (TPSA) is 83.4 Å². The number of hydrogen-bond donors (Lipinski definition) is 1. The van der Waals surface area contributed by atoms with Gasteiger partial charge in [-0.25, -0.2) is 0 Å². The van der Waals surface area contributed by atoms with E-state index >= 15 is 0 Å². The van der Waals surface area contributed by atoms with Gasteiger partial charge in [0.2, 0.25) is 0 Å². The number of nitriles is 3. The van der Waals surface area contributed by atoms with Crippen LogP contribution in [-0.4, -0.2) is 7.05 Å². The van der Waals surface area contributed by atoms with Crippen molar-refractivity contribution in [2.75, 3.05) is 7.05 Å². The number of rotatable bonds is 1. The Morgan fingerprint density at radius 1 is 1.18 bits per heavy atom. The highest BCUT2D eigenvalue weighted by molar-refractivity contribution is 5.57. The molecule has 0 fully saturated rings. The van der Waals surface area contributed by atoms with E-state index in [1.807, 2.05) is 12.1 Å². The van der Waals surface area contributed by atoms with Gasteiger partial charge in [0.15, 0.2) is 0 Å². The van der Waals surface area contributed by atoms with Gasteiger partial charge in [0.1, 0.15) is 23.8 Å². The van der Waals surface area contributed by atoms with Crippen LogP contribution in [-0.2, 0) is 0 Å². The zero-order valence-corrected chi connectivity index (χ0v) is 10.3. The van der Waals surface area contributed by atoms with Gasteiger partial charge in [-0.1, -0.05) is 13.8 Å². The Hall–Kier alpha value is -2.25.